The molecule has 23 heavy (non-hydrogen) atoms. The number of amides is 1. The van der Waals surface area contributed by atoms with E-state index in [-0.39, 0.29) is 36.1 Å². The molecule has 0 saturated carbocycles. The van der Waals surface area contributed by atoms with Gasteiger partial charge in [-0.3, -0.25) is 4.99 Å². The lowest BCUT2D eigenvalue weighted by Crippen LogP contribution is -2.49. The van der Waals surface area contributed by atoms with Crippen LogP contribution in [0.5, 0.6) is 0 Å². The Labute approximate surface area is 156 Å². The molecule has 0 bridgehead atoms. The van der Waals surface area contributed by atoms with Crippen molar-refractivity contribution in [3.05, 3.63) is 12.2 Å². The van der Waals surface area contributed by atoms with Crippen molar-refractivity contribution in [1.29, 1.82) is 0 Å². The number of halogens is 1. The summed E-state index contributed by atoms with van der Waals surface area (Å²) < 4.78 is 4.96. The van der Waals surface area contributed by atoms with Crippen LogP contribution in [0.2, 0.25) is 0 Å². The maximum absolute atomic E-state index is 11.6. The SMILES string of the molecule is CCOC(=O)NC(CNC(=NC)NC1CC=CC1)CC(C)C.I. The van der Waals surface area contributed by atoms with E-state index in [2.05, 4.69) is 46.9 Å². The van der Waals surface area contributed by atoms with E-state index in [1.807, 2.05) is 0 Å². The molecule has 134 valence electrons. The molecule has 0 fully saturated rings. The Hall–Kier alpha value is -0.990. The van der Waals surface area contributed by atoms with E-state index in [0.717, 1.165) is 25.2 Å². The fourth-order valence-electron chi connectivity index (χ4n) is 2.44. The standard InChI is InChI=1S/C16H30N4O2.HI/c1-5-22-16(21)20-14(10-12(2)3)11-18-15(17-4)19-13-8-6-7-9-13;/h6-7,12-14H,5,8-11H2,1-4H3,(H,20,21)(H2,17,18,19);1H. The van der Waals surface area contributed by atoms with Crippen molar-refractivity contribution in [3.8, 4) is 0 Å². The van der Waals surface area contributed by atoms with Crippen molar-refractivity contribution in [1.82, 2.24) is 16.0 Å². The Morgan fingerprint density at radius 1 is 1.35 bits per heavy atom. The van der Waals surface area contributed by atoms with Gasteiger partial charge in [-0.1, -0.05) is 26.0 Å². The highest BCUT2D eigenvalue weighted by Gasteiger charge is 2.16. The van der Waals surface area contributed by atoms with Crippen LogP contribution in [-0.4, -0.2) is 44.3 Å². The van der Waals surface area contributed by atoms with Crippen molar-refractivity contribution in [2.75, 3.05) is 20.2 Å². The summed E-state index contributed by atoms with van der Waals surface area (Å²) in [6.07, 6.45) is 6.92. The van der Waals surface area contributed by atoms with Crippen LogP contribution in [0.1, 0.15) is 40.0 Å². The van der Waals surface area contributed by atoms with E-state index in [9.17, 15) is 4.79 Å². The second kappa shape index (κ2) is 12.4. The molecule has 0 spiro atoms. The van der Waals surface area contributed by atoms with E-state index >= 15 is 0 Å². The lowest BCUT2D eigenvalue weighted by atomic mass is 10.0. The molecule has 0 aliphatic heterocycles. The number of rotatable bonds is 7. The van der Waals surface area contributed by atoms with Crippen molar-refractivity contribution in [3.63, 3.8) is 0 Å². The topological polar surface area (TPSA) is 74.8 Å². The summed E-state index contributed by atoms with van der Waals surface area (Å²) >= 11 is 0. The molecule has 6 nitrogen and oxygen atoms in total. The minimum Gasteiger partial charge on any atom is -0.450 e. The molecule has 0 aromatic carbocycles. The van der Waals surface area contributed by atoms with Gasteiger partial charge in [-0.05, 0) is 32.1 Å². The first-order valence-electron chi connectivity index (χ1n) is 8.10. The van der Waals surface area contributed by atoms with E-state index in [1.54, 1.807) is 14.0 Å². The van der Waals surface area contributed by atoms with Gasteiger partial charge >= 0.3 is 6.09 Å². The number of hydrogen-bond donors (Lipinski definition) is 3. The van der Waals surface area contributed by atoms with Gasteiger partial charge in [-0.25, -0.2) is 4.79 Å². The average molecular weight is 438 g/mol. The number of ether oxygens (including phenoxy) is 1. The van der Waals surface area contributed by atoms with Gasteiger partial charge in [0.2, 0.25) is 0 Å². The number of hydrogen-bond acceptors (Lipinski definition) is 3. The normalized spacial score (nSPS) is 16.0. The average Bonchev–Trinajstić information content (AvgIpc) is 2.95. The summed E-state index contributed by atoms with van der Waals surface area (Å²) in [7, 11) is 1.76. The van der Waals surface area contributed by atoms with E-state index in [1.165, 1.54) is 0 Å². The number of aliphatic imine (C=N–C) groups is 1. The molecule has 0 aromatic heterocycles. The van der Waals surface area contributed by atoms with Gasteiger partial charge in [-0.2, -0.15) is 0 Å². The number of carbonyl (C=O) groups excluding carboxylic acids is 1. The third-order valence-corrected chi connectivity index (χ3v) is 3.44. The monoisotopic (exact) mass is 438 g/mol. The van der Waals surface area contributed by atoms with Gasteiger partial charge < -0.3 is 20.7 Å². The Balaban J connectivity index is 0.00000484. The molecule has 7 heteroatoms. The Kier molecular flexibility index (Phi) is 11.9. The zero-order valence-corrected chi connectivity index (χ0v) is 16.9. The van der Waals surface area contributed by atoms with Crippen molar-refractivity contribution < 1.29 is 9.53 Å². The van der Waals surface area contributed by atoms with Crippen LogP contribution in [0.3, 0.4) is 0 Å². The molecule has 0 radical (unpaired) electrons. The van der Waals surface area contributed by atoms with Crippen LogP contribution in [0.4, 0.5) is 4.79 Å². The van der Waals surface area contributed by atoms with Crippen molar-refractivity contribution in [2.45, 2.75) is 52.1 Å². The zero-order valence-electron chi connectivity index (χ0n) is 14.6. The molecule has 1 unspecified atom stereocenters. The van der Waals surface area contributed by atoms with Crippen LogP contribution in [0.25, 0.3) is 0 Å². The molecule has 0 saturated heterocycles. The smallest absolute Gasteiger partial charge is 0.407 e. The summed E-state index contributed by atoms with van der Waals surface area (Å²) in [4.78, 5) is 15.9. The summed E-state index contributed by atoms with van der Waals surface area (Å²) in [6.45, 7) is 7.08. The second-order valence-electron chi connectivity index (χ2n) is 5.93. The maximum Gasteiger partial charge on any atom is 0.407 e. The molecule has 0 aromatic rings. The predicted molar refractivity (Wildman–Crippen MR) is 105 cm³/mol. The van der Waals surface area contributed by atoms with Gasteiger partial charge in [0.15, 0.2) is 5.96 Å². The fourth-order valence-corrected chi connectivity index (χ4v) is 2.44. The third-order valence-electron chi connectivity index (χ3n) is 3.44. The third kappa shape index (κ3) is 9.68. The van der Waals surface area contributed by atoms with Gasteiger partial charge in [0.1, 0.15) is 0 Å². The van der Waals surface area contributed by atoms with E-state index in [0.29, 0.717) is 25.1 Å². The zero-order chi connectivity index (χ0) is 16.4. The number of alkyl carbamates (subject to hydrolysis) is 1. The largest absolute Gasteiger partial charge is 0.450 e. The van der Waals surface area contributed by atoms with Crippen LogP contribution in [0.15, 0.2) is 17.1 Å². The molecule has 1 amide bonds. The highest BCUT2D eigenvalue weighted by Crippen LogP contribution is 2.09. The van der Waals surface area contributed by atoms with E-state index < -0.39 is 0 Å². The summed E-state index contributed by atoms with van der Waals surface area (Å²) in [5.41, 5.74) is 0. The first-order chi connectivity index (χ1) is 10.5. The van der Waals surface area contributed by atoms with Gasteiger partial charge in [0.05, 0.1) is 6.61 Å². The van der Waals surface area contributed by atoms with Crippen molar-refractivity contribution >= 4 is 36.0 Å². The molecule has 1 aliphatic carbocycles. The first-order valence-corrected chi connectivity index (χ1v) is 8.10. The number of nitrogens with zero attached hydrogens (tertiary/aromatic N) is 1. The number of guanidine groups is 1. The molecular weight excluding hydrogens is 407 g/mol. The molecule has 1 rings (SSSR count). The summed E-state index contributed by atoms with van der Waals surface area (Å²) in [5.74, 6) is 1.26. The minimum absolute atomic E-state index is 0. The Bertz CT molecular complexity index is 392. The lowest BCUT2D eigenvalue weighted by Gasteiger charge is -2.23. The summed E-state index contributed by atoms with van der Waals surface area (Å²) in [6, 6.07) is 0.423. The van der Waals surface area contributed by atoms with Crippen LogP contribution >= 0.6 is 24.0 Å². The Morgan fingerprint density at radius 2 is 2.00 bits per heavy atom. The summed E-state index contributed by atoms with van der Waals surface area (Å²) in [5, 5.41) is 9.58. The highest BCUT2D eigenvalue weighted by molar-refractivity contribution is 14.0. The molecule has 0 heterocycles. The van der Waals surface area contributed by atoms with Crippen LogP contribution in [-0.2, 0) is 4.74 Å². The lowest BCUT2D eigenvalue weighted by molar-refractivity contribution is 0.146. The first kappa shape index (κ1) is 22.0. The molecule has 3 N–H and O–H groups in total. The van der Waals surface area contributed by atoms with Gasteiger partial charge in [-0.15, -0.1) is 24.0 Å². The number of carbonyl (C=O) groups is 1. The highest BCUT2D eigenvalue weighted by atomic mass is 127. The molecule has 1 aliphatic rings. The molecular formula is C16H31IN4O2. The minimum atomic E-state index is -0.363. The van der Waals surface area contributed by atoms with Crippen molar-refractivity contribution in [2.24, 2.45) is 10.9 Å². The predicted octanol–water partition coefficient (Wildman–Crippen LogP) is 2.65. The quantitative estimate of drug-likeness (QED) is 0.247. The molecule has 1 atom stereocenters. The maximum atomic E-state index is 11.6. The van der Waals surface area contributed by atoms with E-state index in [4.69, 9.17) is 4.74 Å². The van der Waals surface area contributed by atoms with Crippen LogP contribution in [0, 0.1) is 5.92 Å². The van der Waals surface area contributed by atoms with Crippen LogP contribution < -0.4 is 16.0 Å². The Morgan fingerprint density at radius 3 is 2.52 bits per heavy atom. The van der Waals surface area contributed by atoms with Gasteiger partial charge in [0, 0.05) is 25.7 Å². The number of nitrogens with one attached hydrogen (secondary N) is 3. The van der Waals surface area contributed by atoms with Gasteiger partial charge in [0.25, 0.3) is 0 Å². The fraction of sp³-hybridized carbons (Fsp3) is 0.750. The second-order valence-corrected chi connectivity index (χ2v) is 5.93.